The molecule has 2 aromatic carbocycles. The van der Waals surface area contributed by atoms with Crippen LogP contribution in [-0.2, 0) is 15.6 Å². The Morgan fingerprint density at radius 1 is 0.960 bits per heavy atom. The Labute approximate surface area is 145 Å². The molecular weight excluding hydrogens is 312 g/mol. The first-order chi connectivity index (χ1) is 11.8. The number of aromatic nitrogens is 2. The average Bonchev–Trinajstić information content (AvgIpc) is 2.87. The third-order valence-electron chi connectivity index (χ3n) is 7.27. The molecule has 0 radical (unpaired) electrons. The summed E-state index contributed by atoms with van der Waals surface area (Å²) in [7, 11) is 0. The average molecular weight is 332 g/mol. The van der Waals surface area contributed by atoms with Crippen LogP contribution >= 0.6 is 0 Å². The maximum absolute atomic E-state index is 12.4. The van der Waals surface area contributed by atoms with Crippen LogP contribution in [0.2, 0.25) is 0 Å². The van der Waals surface area contributed by atoms with Gasteiger partial charge in [-0.05, 0) is 41.2 Å². The first kappa shape index (κ1) is 14.8. The lowest BCUT2D eigenvalue weighted by molar-refractivity contribution is -0.148. The molecule has 3 aromatic rings. The van der Waals surface area contributed by atoms with Gasteiger partial charge >= 0.3 is 5.97 Å². The highest BCUT2D eigenvalue weighted by molar-refractivity contribution is 5.96. The molecule has 1 saturated carbocycles. The van der Waals surface area contributed by atoms with Crippen molar-refractivity contribution in [2.45, 2.75) is 44.4 Å². The van der Waals surface area contributed by atoms with Crippen LogP contribution in [0.4, 0.5) is 0 Å². The fraction of sp³-hybridized carbons (Fsp3) is 0.381. The number of aliphatic carboxylic acids is 1. The number of carboxylic acids is 1. The van der Waals surface area contributed by atoms with E-state index in [9.17, 15) is 9.90 Å². The van der Waals surface area contributed by atoms with E-state index in [0.29, 0.717) is 12.1 Å². The SMILES string of the molecule is CC1(C)[C@@]2(C)CC[C@]1(C(=O)O)c1nc3cc4ccccc4cc3nc12. The van der Waals surface area contributed by atoms with Gasteiger partial charge in [0.25, 0.3) is 0 Å². The number of nitrogens with zero attached hydrogens (tertiary/aromatic N) is 2. The van der Waals surface area contributed by atoms with Crippen LogP contribution in [0.15, 0.2) is 36.4 Å². The number of carboxylic acid groups (broad SMARTS) is 1. The Bertz CT molecular complexity index is 1090. The summed E-state index contributed by atoms with van der Waals surface area (Å²) < 4.78 is 0. The standard InChI is InChI=1S/C21H20N2O2/c1-19(2)20(3)8-9-21(19,18(24)25)17-16(20)22-14-10-12-6-4-5-7-13(12)11-15(14)23-17/h4-7,10-11H,8-9H2,1-3H3,(H,24,25)/t20-,21+/m0/s1. The molecule has 2 atom stereocenters. The molecule has 0 amide bonds. The normalized spacial score (nSPS) is 29.2. The van der Waals surface area contributed by atoms with Gasteiger partial charge in [0.2, 0.25) is 0 Å². The van der Waals surface area contributed by atoms with E-state index in [1.165, 1.54) is 0 Å². The number of carbonyl (C=O) groups is 1. The van der Waals surface area contributed by atoms with Gasteiger partial charge in [-0.3, -0.25) is 4.79 Å². The van der Waals surface area contributed by atoms with Crippen molar-refractivity contribution in [3.05, 3.63) is 47.8 Å². The molecule has 0 spiro atoms. The fourth-order valence-corrected chi connectivity index (χ4v) is 5.26. The Morgan fingerprint density at radius 2 is 1.52 bits per heavy atom. The molecule has 2 aliphatic carbocycles. The fourth-order valence-electron chi connectivity index (χ4n) is 5.26. The molecule has 4 heteroatoms. The van der Waals surface area contributed by atoms with Crippen LogP contribution in [-0.4, -0.2) is 21.0 Å². The van der Waals surface area contributed by atoms with Crippen molar-refractivity contribution in [2.24, 2.45) is 5.41 Å². The number of fused-ring (bicyclic) bond motifs is 7. The molecule has 0 unspecified atom stereocenters. The van der Waals surface area contributed by atoms with Crippen LogP contribution in [0.25, 0.3) is 21.8 Å². The lowest BCUT2D eigenvalue weighted by atomic mass is 9.64. The molecule has 5 rings (SSSR count). The largest absolute Gasteiger partial charge is 0.481 e. The van der Waals surface area contributed by atoms with E-state index in [1.807, 2.05) is 24.3 Å². The Morgan fingerprint density at radius 3 is 2.08 bits per heavy atom. The monoisotopic (exact) mass is 332 g/mol. The highest BCUT2D eigenvalue weighted by Gasteiger charge is 2.73. The zero-order valence-corrected chi connectivity index (χ0v) is 14.6. The van der Waals surface area contributed by atoms with Crippen LogP contribution in [0.1, 0.15) is 45.0 Å². The van der Waals surface area contributed by atoms with Gasteiger partial charge in [-0.1, -0.05) is 45.0 Å². The molecule has 0 aliphatic heterocycles. The van der Waals surface area contributed by atoms with Crippen molar-refractivity contribution >= 4 is 27.8 Å². The van der Waals surface area contributed by atoms with Crippen LogP contribution < -0.4 is 0 Å². The summed E-state index contributed by atoms with van der Waals surface area (Å²) in [4.78, 5) is 22.2. The molecule has 0 saturated heterocycles. The number of rotatable bonds is 1. The lowest BCUT2D eigenvalue weighted by Gasteiger charge is -2.37. The zero-order valence-electron chi connectivity index (χ0n) is 14.6. The Hall–Kier alpha value is -2.49. The highest BCUT2D eigenvalue weighted by atomic mass is 16.4. The summed E-state index contributed by atoms with van der Waals surface area (Å²) in [6.45, 7) is 6.29. The van der Waals surface area contributed by atoms with Crippen molar-refractivity contribution < 1.29 is 9.90 Å². The second-order valence-electron chi connectivity index (χ2n) is 8.28. The van der Waals surface area contributed by atoms with E-state index in [0.717, 1.165) is 33.9 Å². The Kier molecular flexibility index (Phi) is 2.48. The molecule has 1 N–H and O–H groups in total. The first-order valence-electron chi connectivity index (χ1n) is 8.76. The third-order valence-corrected chi connectivity index (χ3v) is 7.27. The summed E-state index contributed by atoms with van der Waals surface area (Å²) in [5.74, 6) is -0.769. The van der Waals surface area contributed by atoms with E-state index in [1.54, 1.807) is 0 Å². The predicted octanol–water partition coefficient (Wildman–Crippen LogP) is 4.20. The summed E-state index contributed by atoms with van der Waals surface area (Å²) in [6, 6.07) is 12.2. The maximum atomic E-state index is 12.4. The van der Waals surface area contributed by atoms with Gasteiger partial charge in [-0.25, -0.2) is 9.97 Å². The summed E-state index contributed by atoms with van der Waals surface area (Å²) in [5.41, 5.74) is 1.59. The van der Waals surface area contributed by atoms with Crippen LogP contribution in [0.5, 0.6) is 0 Å². The minimum absolute atomic E-state index is 0.256. The van der Waals surface area contributed by atoms with Crippen molar-refractivity contribution in [1.29, 1.82) is 0 Å². The number of hydrogen-bond acceptors (Lipinski definition) is 3. The van der Waals surface area contributed by atoms with Gasteiger partial charge in [-0.15, -0.1) is 0 Å². The van der Waals surface area contributed by atoms with Crippen molar-refractivity contribution in [2.75, 3.05) is 0 Å². The minimum atomic E-state index is -0.941. The van der Waals surface area contributed by atoms with Gasteiger partial charge in [0.05, 0.1) is 22.4 Å². The van der Waals surface area contributed by atoms with Gasteiger partial charge < -0.3 is 5.11 Å². The maximum Gasteiger partial charge on any atom is 0.316 e. The van der Waals surface area contributed by atoms with Crippen molar-refractivity contribution in [3.8, 4) is 0 Å². The highest BCUT2D eigenvalue weighted by Crippen LogP contribution is 2.70. The molecular formula is C21H20N2O2. The molecule has 126 valence electrons. The summed E-state index contributed by atoms with van der Waals surface area (Å²) in [5, 5.41) is 12.4. The van der Waals surface area contributed by atoms with Crippen LogP contribution in [0, 0.1) is 5.41 Å². The smallest absolute Gasteiger partial charge is 0.316 e. The second kappa shape index (κ2) is 4.18. The van der Waals surface area contributed by atoms with Crippen molar-refractivity contribution in [3.63, 3.8) is 0 Å². The first-order valence-corrected chi connectivity index (χ1v) is 8.76. The number of hydrogen-bond donors (Lipinski definition) is 1. The van der Waals surface area contributed by atoms with Gasteiger partial charge in [0.15, 0.2) is 0 Å². The van der Waals surface area contributed by atoms with E-state index in [-0.39, 0.29) is 5.41 Å². The van der Waals surface area contributed by atoms with Gasteiger partial charge in [0, 0.05) is 5.41 Å². The van der Waals surface area contributed by atoms with Crippen molar-refractivity contribution in [1.82, 2.24) is 9.97 Å². The van der Waals surface area contributed by atoms with Gasteiger partial charge in [0.1, 0.15) is 5.41 Å². The minimum Gasteiger partial charge on any atom is -0.481 e. The third kappa shape index (κ3) is 1.44. The quantitative estimate of drug-likeness (QED) is 0.679. The van der Waals surface area contributed by atoms with E-state index in [2.05, 4.69) is 32.9 Å². The summed E-state index contributed by atoms with van der Waals surface area (Å²) in [6.07, 6.45) is 1.47. The molecule has 2 bridgehead atoms. The Balaban J connectivity index is 1.91. The zero-order chi connectivity index (χ0) is 17.6. The molecule has 4 nitrogen and oxygen atoms in total. The molecule has 2 aliphatic rings. The lowest BCUT2D eigenvalue weighted by Crippen LogP contribution is -2.45. The molecule has 1 aromatic heterocycles. The predicted molar refractivity (Wildman–Crippen MR) is 96.7 cm³/mol. The van der Waals surface area contributed by atoms with E-state index in [4.69, 9.17) is 9.97 Å². The summed E-state index contributed by atoms with van der Waals surface area (Å²) >= 11 is 0. The molecule has 25 heavy (non-hydrogen) atoms. The number of benzene rings is 2. The topological polar surface area (TPSA) is 63.1 Å². The van der Waals surface area contributed by atoms with E-state index >= 15 is 0 Å². The second-order valence-corrected chi connectivity index (χ2v) is 8.28. The molecule has 1 fully saturated rings. The van der Waals surface area contributed by atoms with Gasteiger partial charge in [-0.2, -0.15) is 0 Å². The van der Waals surface area contributed by atoms with Crippen LogP contribution in [0.3, 0.4) is 0 Å². The van der Waals surface area contributed by atoms with E-state index < -0.39 is 16.8 Å². The molecule has 1 heterocycles.